The van der Waals surface area contributed by atoms with Gasteiger partial charge in [0.2, 0.25) is 0 Å². The number of hydrogen-bond acceptors (Lipinski definition) is 4. The zero-order chi connectivity index (χ0) is 13.3. The number of rotatable bonds is 7. The predicted octanol–water partition coefficient (Wildman–Crippen LogP) is 1.51. The number of benzene rings is 1. The first-order valence-electron chi connectivity index (χ1n) is 7.02. The minimum Gasteiger partial charge on any atom is -0.497 e. The van der Waals surface area contributed by atoms with Crippen LogP contribution in [0.2, 0.25) is 0 Å². The molecule has 0 amide bonds. The van der Waals surface area contributed by atoms with Crippen LogP contribution in [-0.2, 0) is 11.3 Å². The maximum atomic E-state index is 5.34. The van der Waals surface area contributed by atoms with Gasteiger partial charge in [-0.25, -0.2) is 0 Å². The Morgan fingerprint density at radius 1 is 1.32 bits per heavy atom. The Kier molecular flexibility index (Phi) is 6.14. The smallest absolute Gasteiger partial charge is 0.119 e. The summed E-state index contributed by atoms with van der Waals surface area (Å²) in [6, 6.07) is 8.21. The topological polar surface area (TPSA) is 33.7 Å². The van der Waals surface area contributed by atoms with Gasteiger partial charge in [0.05, 0.1) is 20.3 Å². The van der Waals surface area contributed by atoms with Crippen molar-refractivity contribution in [1.82, 2.24) is 10.2 Å². The van der Waals surface area contributed by atoms with Gasteiger partial charge in [0.15, 0.2) is 0 Å². The Balaban J connectivity index is 1.58. The Morgan fingerprint density at radius 3 is 2.95 bits per heavy atom. The second kappa shape index (κ2) is 8.15. The average Bonchev–Trinajstić information content (AvgIpc) is 2.48. The second-order valence-electron chi connectivity index (χ2n) is 4.84. The van der Waals surface area contributed by atoms with Gasteiger partial charge in [-0.2, -0.15) is 0 Å². The summed E-state index contributed by atoms with van der Waals surface area (Å²) in [5.74, 6) is 0.924. The summed E-state index contributed by atoms with van der Waals surface area (Å²) in [4.78, 5) is 2.47. The maximum absolute atomic E-state index is 5.34. The largest absolute Gasteiger partial charge is 0.497 e. The fraction of sp³-hybridized carbons (Fsp3) is 0.600. The molecule has 2 rings (SSSR count). The number of methoxy groups -OCH3 is 1. The summed E-state index contributed by atoms with van der Waals surface area (Å²) in [5.41, 5.74) is 1.27. The Labute approximate surface area is 115 Å². The number of hydrogen-bond donors (Lipinski definition) is 1. The summed E-state index contributed by atoms with van der Waals surface area (Å²) in [6.45, 7) is 7.05. The molecule has 1 fully saturated rings. The van der Waals surface area contributed by atoms with E-state index in [9.17, 15) is 0 Å². The van der Waals surface area contributed by atoms with Gasteiger partial charge in [-0.3, -0.25) is 4.90 Å². The summed E-state index contributed by atoms with van der Waals surface area (Å²) >= 11 is 0. The van der Waals surface area contributed by atoms with Crippen molar-refractivity contribution in [3.05, 3.63) is 29.8 Å². The molecule has 1 saturated heterocycles. The van der Waals surface area contributed by atoms with E-state index >= 15 is 0 Å². The van der Waals surface area contributed by atoms with Crippen molar-refractivity contribution in [3.8, 4) is 5.75 Å². The third kappa shape index (κ3) is 5.19. The van der Waals surface area contributed by atoms with E-state index < -0.39 is 0 Å². The molecular formula is C15H24N2O2. The highest BCUT2D eigenvalue weighted by Gasteiger charge is 2.08. The molecule has 4 heteroatoms. The summed E-state index contributed by atoms with van der Waals surface area (Å²) in [6.07, 6.45) is 1.18. The lowest BCUT2D eigenvalue weighted by molar-refractivity contribution is 0.0374. The lowest BCUT2D eigenvalue weighted by atomic mass is 10.2. The van der Waals surface area contributed by atoms with Crippen molar-refractivity contribution in [1.29, 1.82) is 0 Å². The zero-order valence-electron chi connectivity index (χ0n) is 11.7. The zero-order valence-corrected chi connectivity index (χ0v) is 11.7. The molecule has 0 aromatic heterocycles. The van der Waals surface area contributed by atoms with Crippen LogP contribution in [0.5, 0.6) is 5.75 Å². The molecule has 0 saturated carbocycles. The normalized spacial score (nSPS) is 16.5. The van der Waals surface area contributed by atoms with Gasteiger partial charge in [-0.15, -0.1) is 0 Å². The van der Waals surface area contributed by atoms with Gasteiger partial charge < -0.3 is 14.8 Å². The molecule has 0 radical (unpaired) electrons. The van der Waals surface area contributed by atoms with E-state index in [4.69, 9.17) is 9.47 Å². The first kappa shape index (κ1) is 14.3. The highest BCUT2D eigenvalue weighted by atomic mass is 16.5. The van der Waals surface area contributed by atoms with Crippen LogP contribution in [-0.4, -0.2) is 51.4 Å². The quantitative estimate of drug-likeness (QED) is 0.757. The van der Waals surface area contributed by atoms with Gasteiger partial charge in [0, 0.05) is 19.6 Å². The molecule has 1 aromatic carbocycles. The summed E-state index contributed by atoms with van der Waals surface area (Å²) in [7, 11) is 1.70. The van der Waals surface area contributed by atoms with E-state index in [0.29, 0.717) is 0 Å². The molecule has 1 aromatic rings. The average molecular weight is 264 g/mol. The molecule has 0 atom stereocenters. The van der Waals surface area contributed by atoms with E-state index in [1.165, 1.54) is 12.0 Å². The highest BCUT2D eigenvalue weighted by molar-refractivity contribution is 5.28. The first-order chi connectivity index (χ1) is 9.38. The van der Waals surface area contributed by atoms with Crippen molar-refractivity contribution in [2.45, 2.75) is 13.0 Å². The van der Waals surface area contributed by atoms with Crippen LogP contribution in [0.25, 0.3) is 0 Å². The molecule has 1 aliphatic rings. The molecule has 0 aliphatic carbocycles. The van der Waals surface area contributed by atoms with Crippen LogP contribution in [0.3, 0.4) is 0 Å². The molecule has 1 heterocycles. The molecule has 1 aliphatic heterocycles. The van der Waals surface area contributed by atoms with Gasteiger partial charge >= 0.3 is 0 Å². The molecule has 106 valence electrons. The summed E-state index contributed by atoms with van der Waals surface area (Å²) < 4.78 is 10.6. The van der Waals surface area contributed by atoms with E-state index in [1.54, 1.807) is 7.11 Å². The lowest BCUT2D eigenvalue weighted by Crippen LogP contribution is -2.37. The standard InChI is InChI=1S/C15H24N2O2/c1-18-15-5-2-4-14(12-15)13-16-6-3-7-17-8-10-19-11-9-17/h2,4-5,12,16H,3,6-11,13H2,1H3. The predicted molar refractivity (Wildman–Crippen MR) is 76.6 cm³/mol. The molecule has 0 unspecified atom stereocenters. The number of nitrogens with zero attached hydrogens (tertiary/aromatic N) is 1. The van der Waals surface area contributed by atoms with Crippen molar-refractivity contribution < 1.29 is 9.47 Å². The van der Waals surface area contributed by atoms with Crippen molar-refractivity contribution in [2.24, 2.45) is 0 Å². The van der Waals surface area contributed by atoms with Crippen molar-refractivity contribution >= 4 is 0 Å². The third-order valence-corrected chi connectivity index (χ3v) is 3.39. The second-order valence-corrected chi connectivity index (χ2v) is 4.84. The van der Waals surface area contributed by atoms with Crippen molar-refractivity contribution in [2.75, 3.05) is 46.5 Å². The Bertz CT molecular complexity index is 365. The van der Waals surface area contributed by atoms with Gasteiger partial charge in [0.25, 0.3) is 0 Å². The minimum absolute atomic E-state index is 0.886. The van der Waals surface area contributed by atoms with Crippen LogP contribution in [0.4, 0.5) is 0 Å². The summed E-state index contributed by atoms with van der Waals surface area (Å²) in [5, 5.41) is 3.48. The fourth-order valence-electron chi connectivity index (χ4n) is 2.27. The van der Waals surface area contributed by atoms with Crippen LogP contribution < -0.4 is 10.1 Å². The first-order valence-corrected chi connectivity index (χ1v) is 7.02. The van der Waals surface area contributed by atoms with Crippen LogP contribution in [0.15, 0.2) is 24.3 Å². The molecule has 4 nitrogen and oxygen atoms in total. The molecule has 0 spiro atoms. The molecular weight excluding hydrogens is 240 g/mol. The number of ether oxygens (including phenoxy) is 2. The molecule has 19 heavy (non-hydrogen) atoms. The van der Waals surface area contributed by atoms with E-state index in [0.717, 1.165) is 51.7 Å². The highest BCUT2D eigenvalue weighted by Crippen LogP contribution is 2.12. The van der Waals surface area contributed by atoms with E-state index in [-0.39, 0.29) is 0 Å². The SMILES string of the molecule is COc1cccc(CNCCCN2CCOCC2)c1. The minimum atomic E-state index is 0.886. The Hall–Kier alpha value is -1.10. The molecule has 0 bridgehead atoms. The maximum Gasteiger partial charge on any atom is 0.119 e. The third-order valence-electron chi connectivity index (χ3n) is 3.39. The number of nitrogens with one attached hydrogen (secondary N) is 1. The van der Waals surface area contributed by atoms with E-state index in [1.807, 2.05) is 12.1 Å². The van der Waals surface area contributed by atoms with Crippen molar-refractivity contribution in [3.63, 3.8) is 0 Å². The van der Waals surface area contributed by atoms with Gasteiger partial charge in [-0.1, -0.05) is 12.1 Å². The lowest BCUT2D eigenvalue weighted by Gasteiger charge is -2.26. The van der Waals surface area contributed by atoms with Crippen LogP contribution >= 0.6 is 0 Å². The number of morpholine rings is 1. The van der Waals surface area contributed by atoms with Crippen LogP contribution in [0.1, 0.15) is 12.0 Å². The molecule has 1 N–H and O–H groups in total. The van der Waals surface area contributed by atoms with Gasteiger partial charge in [-0.05, 0) is 37.2 Å². The van der Waals surface area contributed by atoms with Crippen LogP contribution in [0, 0.1) is 0 Å². The monoisotopic (exact) mass is 264 g/mol. The Morgan fingerprint density at radius 2 is 2.16 bits per heavy atom. The van der Waals surface area contributed by atoms with Gasteiger partial charge in [0.1, 0.15) is 5.75 Å². The fourth-order valence-corrected chi connectivity index (χ4v) is 2.27. The van der Waals surface area contributed by atoms with E-state index in [2.05, 4.69) is 22.3 Å².